The van der Waals surface area contributed by atoms with Crippen LogP contribution in [0.5, 0.6) is 17.2 Å². The van der Waals surface area contributed by atoms with Crippen molar-refractivity contribution in [2.24, 2.45) is 0 Å². The summed E-state index contributed by atoms with van der Waals surface area (Å²) in [5.74, 6) is -1.66. The van der Waals surface area contributed by atoms with Gasteiger partial charge in [0.2, 0.25) is 0 Å². The van der Waals surface area contributed by atoms with Gasteiger partial charge >= 0.3 is 0 Å². The summed E-state index contributed by atoms with van der Waals surface area (Å²) in [5, 5.41) is 11.3. The molecule has 186 valence electrons. The topological polar surface area (TPSA) is 85.3 Å². The van der Waals surface area contributed by atoms with Crippen LogP contribution in [0.15, 0.2) is 72.3 Å². The number of Topliss-reactive ketones (excluding diaryl/α,β-unsaturated/α-hetero) is 1. The molecule has 0 aromatic heterocycles. The van der Waals surface area contributed by atoms with Crippen molar-refractivity contribution in [2.45, 2.75) is 26.0 Å². The van der Waals surface area contributed by atoms with E-state index in [1.165, 1.54) is 31.3 Å². The number of anilines is 1. The Labute approximate surface area is 208 Å². The van der Waals surface area contributed by atoms with Gasteiger partial charge < -0.3 is 19.3 Å². The minimum atomic E-state index is -1.01. The molecule has 0 spiro atoms. The van der Waals surface area contributed by atoms with Gasteiger partial charge in [-0.15, -0.1) is 0 Å². The first-order valence-electron chi connectivity index (χ1n) is 11.3. The molecule has 1 aliphatic rings. The molecule has 3 aromatic rings. The number of ether oxygens (including phenoxy) is 3. The molecular weight excluding hydrogens is 465 g/mol. The van der Waals surface area contributed by atoms with Crippen molar-refractivity contribution in [3.8, 4) is 17.2 Å². The molecule has 4 rings (SSSR count). The largest absolute Gasteiger partial charge is 0.507 e. The van der Waals surface area contributed by atoms with E-state index in [-0.39, 0.29) is 23.0 Å². The minimum absolute atomic E-state index is 0.0379. The number of hydrogen-bond acceptors (Lipinski definition) is 6. The van der Waals surface area contributed by atoms with Gasteiger partial charge in [-0.2, -0.15) is 0 Å². The fourth-order valence-corrected chi connectivity index (χ4v) is 4.19. The Bertz CT molecular complexity index is 1330. The highest BCUT2D eigenvalue weighted by Crippen LogP contribution is 2.44. The van der Waals surface area contributed by atoms with E-state index in [1.807, 2.05) is 13.8 Å². The number of nitrogens with zero attached hydrogens (tertiary/aromatic N) is 1. The van der Waals surface area contributed by atoms with Gasteiger partial charge in [0.05, 0.1) is 37.5 Å². The molecule has 0 saturated carbocycles. The highest BCUT2D eigenvalue weighted by Gasteiger charge is 2.47. The third-order valence-electron chi connectivity index (χ3n) is 5.76. The Hall–Kier alpha value is -4.33. The number of rotatable bonds is 7. The summed E-state index contributed by atoms with van der Waals surface area (Å²) in [6.07, 6.45) is -0.0388. The molecule has 1 saturated heterocycles. The lowest BCUT2D eigenvalue weighted by molar-refractivity contribution is -0.132. The summed E-state index contributed by atoms with van der Waals surface area (Å²) in [7, 11) is 2.87. The van der Waals surface area contributed by atoms with Gasteiger partial charge in [0.15, 0.2) is 0 Å². The van der Waals surface area contributed by atoms with Gasteiger partial charge in [-0.05, 0) is 74.0 Å². The number of ketones is 1. The molecular formula is C28H26FNO6. The summed E-state index contributed by atoms with van der Waals surface area (Å²) in [5.41, 5.74) is 0.711. The van der Waals surface area contributed by atoms with Crippen LogP contribution in [0, 0.1) is 5.82 Å². The molecule has 1 aliphatic heterocycles. The van der Waals surface area contributed by atoms with E-state index in [2.05, 4.69) is 0 Å². The number of aliphatic hydroxyl groups excluding tert-OH is 1. The molecule has 0 aliphatic carbocycles. The molecule has 1 unspecified atom stereocenters. The summed E-state index contributed by atoms with van der Waals surface area (Å²) in [4.78, 5) is 28.0. The second-order valence-corrected chi connectivity index (χ2v) is 8.45. The lowest BCUT2D eigenvalue weighted by Crippen LogP contribution is -2.29. The molecule has 7 nitrogen and oxygen atoms in total. The van der Waals surface area contributed by atoms with Crippen molar-refractivity contribution >= 4 is 23.1 Å². The maximum atomic E-state index is 14.1. The molecule has 36 heavy (non-hydrogen) atoms. The van der Waals surface area contributed by atoms with E-state index in [0.717, 1.165) is 6.07 Å². The van der Waals surface area contributed by atoms with Crippen LogP contribution in [0.4, 0.5) is 10.1 Å². The molecule has 1 fully saturated rings. The van der Waals surface area contributed by atoms with Crippen molar-refractivity contribution in [2.75, 3.05) is 19.1 Å². The Kier molecular flexibility index (Phi) is 6.96. The number of methoxy groups -OCH3 is 2. The van der Waals surface area contributed by atoms with Crippen LogP contribution in [0.3, 0.4) is 0 Å². The highest BCUT2D eigenvalue weighted by molar-refractivity contribution is 6.51. The lowest BCUT2D eigenvalue weighted by atomic mass is 9.94. The summed E-state index contributed by atoms with van der Waals surface area (Å²) in [6, 6.07) is 16.1. The number of aliphatic hydroxyl groups is 1. The first-order chi connectivity index (χ1) is 17.2. The maximum Gasteiger partial charge on any atom is 0.300 e. The Morgan fingerprint density at radius 3 is 2.31 bits per heavy atom. The van der Waals surface area contributed by atoms with Crippen molar-refractivity contribution < 1.29 is 33.3 Å². The third-order valence-corrected chi connectivity index (χ3v) is 5.76. The second kappa shape index (κ2) is 10.1. The van der Waals surface area contributed by atoms with E-state index in [1.54, 1.807) is 48.5 Å². The second-order valence-electron chi connectivity index (χ2n) is 8.45. The van der Waals surface area contributed by atoms with Gasteiger partial charge in [0.25, 0.3) is 11.7 Å². The van der Waals surface area contributed by atoms with Gasteiger partial charge in [-0.25, -0.2) is 4.39 Å². The minimum Gasteiger partial charge on any atom is -0.507 e. The summed E-state index contributed by atoms with van der Waals surface area (Å²) < 4.78 is 30.4. The van der Waals surface area contributed by atoms with Gasteiger partial charge in [0.1, 0.15) is 28.8 Å². The Morgan fingerprint density at radius 1 is 0.944 bits per heavy atom. The molecule has 0 bridgehead atoms. The summed E-state index contributed by atoms with van der Waals surface area (Å²) >= 11 is 0. The van der Waals surface area contributed by atoms with Crippen LogP contribution in [-0.4, -0.2) is 37.1 Å². The van der Waals surface area contributed by atoms with Crippen LogP contribution < -0.4 is 19.1 Å². The zero-order valence-corrected chi connectivity index (χ0v) is 20.3. The Balaban J connectivity index is 1.93. The SMILES string of the molecule is COc1cccc(C2/C(=C(\O)c3cc(F)ccc3OC)C(=O)C(=O)N2c2ccc(OC(C)C)cc2)c1. The van der Waals surface area contributed by atoms with Gasteiger partial charge in [-0.3, -0.25) is 14.5 Å². The van der Waals surface area contributed by atoms with E-state index in [9.17, 15) is 19.1 Å². The number of halogens is 1. The average Bonchev–Trinajstić information content (AvgIpc) is 3.14. The zero-order chi connectivity index (χ0) is 26.0. The lowest BCUT2D eigenvalue weighted by Gasteiger charge is -2.26. The van der Waals surface area contributed by atoms with Crippen LogP contribution in [0.2, 0.25) is 0 Å². The van der Waals surface area contributed by atoms with E-state index in [4.69, 9.17) is 14.2 Å². The molecule has 1 amide bonds. The predicted molar refractivity (Wildman–Crippen MR) is 133 cm³/mol. The quantitative estimate of drug-likeness (QED) is 0.276. The predicted octanol–water partition coefficient (Wildman–Crippen LogP) is 5.26. The van der Waals surface area contributed by atoms with E-state index >= 15 is 0 Å². The van der Waals surface area contributed by atoms with Crippen LogP contribution in [0.25, 0.3) is 5.76 Å². The maximum absolute atomic E-state index is 14.1. The number of carbonyl (C=O) groups is 2. The standard InChI is InChI=1S/C28H26FNO6/c1-16(2)36-20-11-9-19(10-12-20)30-25(17-6-5-7-21(14-17)34-3)24(27(32)28(30)33)26(31)22-15-18(29)8-13-23(22)35-4/h5-16,25,31H,1-4H3/b26-24+. The zero-order valence-electron chi connectivity index (χ0n) is 20.3. The summed E-state index contributed by atoms with van der Waals surface area (Å²) in [6.45, 7) is 3.80. The average molecular weight is 492 g/mol. The third kappa shape index (κ3) is 4.62. The van der Waals surface area contributed by atoms with E-state index < -0.39 is 29.3 Å². The van der Waals surface area contributed by atoms with Crippen molar-refractivity contribution in [1.29, 1.82) is 0 Å². The highest BCUT2D eigenvalue weighted by atomic mass is 19.1. The molecule has 3 aromatic carbocycles. The number of carbonyl (C=O) groups excluding carboxylic acids is 2. The molecule has 1 N–H and O–H groups in total. The van der Waals surface area contributed by atoms with Crippen LogP contribution in [-0.2, 0) is 9.59 Å². The Morgan fingerprint density at radius 2 is 1.67 bits per heavy atom. The van der Waals surface area contributed by atoms with E-state index in [0.29, 0.717) is 22.7 Å². The first kappa shape index (κ1) is 24.8. The van der Waals surface area contributed by atoms with Crippen LogP contribution >= 0.6 is 0 Å². The van der Waals surface area contributed by atoms with Crippen LogP contribution in [0.1, 0.15) is 31.0 Å². The monoisotopic (exact) mass is 491 g/mol. The molecule has 1 atom stereocenters. The normalized spacial score (nSPS) is 16.9. The number of benzene rings is 3. The smallest absolute Gasteiger partial charge is 0.300 e. The van der Waals surface area contributed by atoms with Crippen molar-refractivity contribution in [3.63, 3.8) is 0 Å². The molecule has 8 heteroatoms. The van der Waals surface area contributed by atoms with Crippen molar-refractivity contribution in [1.82, 2.24) is 0 Å². The van der Waals surface area contributed by atoms with Gasteiger partial charge in [0, 0.05) is 5.69 Å². The number of amides is 1. The molecule has 0 radical (unpaired) electrons. The fraction of sp³-hybridized carbons (Fsp3) is 0.214. The molecule has 1 heterocycles. The first-order valence-corrected chi connectivity index (χ1v) is 11.3. The van der Waals surface area contributed by atoms with Gasteiger partial charge in [-0.1, -0.05) is 12.1 Å². The fourth-order valence-electron chi connectivity index (χ4n) is 4.19. The van der Waals surface area contributed by atoms with Crippen molar-refractivity contribution in [3.05, 3.63) is 89.2 Å². The number of hydrogen-bond donors (Lipinski definition) is 1.